The number of benzene rings is 2. The van der Waals surface area contributed by atoms with Crippen LogP contribution in [0.3, 0.4) is 0 Å². The smallest absolute Gasteiger partial charge is 0.407 e. The van der Waals surface area contributed by atoms with Gasteiger partial charge in [0.2, 0.25) is 0 Å². The Morgan fingerprint density at radius 2 is 1.77 bits per heavy atom. The fraction of sp³-hybridized carbons (Fsp3) is 0.435. The number of hydrogen-bond acceptors (Lipinski definition) is 5. The Morgan fingerprint density at radius 3 is 2.48 bits per heavy atom. The monoisotopic (exact) mass is 471 g/mol. The number of carbonyl (C=O) groups is 1. The van der Waals surface area contributed by atoms with Crippen molar-refractivity contribution in [2.24, 2.45) is 5.73 Å². The lowest BCUT2D eigenvalue weighted by Gasteiger charge is -2.21. The van der Waals surface area contributed by atoms with E-state index in [9.17, 15) is 4.79 Å². The molecule has 174 valence electrons. The van der Waals surface area contributed by atoms with Crippen molar-refractivity contribution in [1.82, 2.24) is 10.6 Å². The molecule has 8 heteroatoms. The largest absolute Gasteiger partial charge is 0.493 e. The van der Waals surface area contributed by atoms with E-state index in [4.69, 9.17) is 15.2 Å². The number of hydrogen-bond donors (Lipinski definition) is 3. The molecule has 0 aliphatic carbocycles. The van der Waals surface area contributed by atoms with Gasteiger partial charge >= 0.3 is 6.09 Å². The zero-order valence-corrected chi connectivity index (χ0v) is 19.7. The first-order valence-corrected chi connectivity index (χ1v) is 10.3. The summed E-state index contributed by atoms with van der Waals surface area (Å²) < 4.78 is 11.3. The molecule has 31 heavy (non-hydrogen) atoms. The van der Waals surface area contributed by atoms with Crippen LogP contribution in [0.1, 0.15) is 30.9 Å². The van der Waals surface area contributed by atoms with E-state index in [1.807, 2.05) is 54.6 Å². The maximum atomic E-state index is 12.3. The Labute approximate surface area is 198 Å². The molecule has 4 N–H and O–H groups in total. The van der Waals surface area contributed by atoms with Crippen molar-refractivity contribution in [2.45, 2.75) is 38.8 Å². The van der Waals surface area contributed by atoms with Crippen LogP contribution < -0.4 is 21.1 Å². The van der Waals surface area contributed by atoms with Crippen molar-refractivity contribution < 1.29 is 14.3 Å². The Balaban J connectivity index is 0.00000450. The van der Waals surface area contributed by atoms with Gasteiger partial charge in [0.05, 0.1) is 6.61 Å². The van der Waals surface area contributed by atoms with Gasteiger partial charge in [0.1, 0.15) is 12.4 Å². The van der Waals surface area contributed by atoms with E-state index in [1.54, 1.807) is 0 Å². The fourth-order valence-electron chi connectivity index (χ4n) is 2.89. The van der Waals surface area contributed by atoms with Gasteiger partial charge in [0, 0.05) is 25.7 Å². The number of ether oxygens (including phenoxy) is 2. The number of rotatable bonds is 13. The average molecular weight is 472 g/mol. The molecule has 0 saturated heterocycles. The van der Waals surface area contributed by atoms with Gasteiger partial charge in [-0.2, -0.15) is 0 Å². The summed E-state index contributed by atoms with van der Waals surface area (Å²) in [6.45, 7) is 4.90. The zero-order valence-electron chi connectivity index (χ0n) is 18.0. The topological polar surface area (TPSA) is 85.6 Å². The lowest BCUT2D eigenvalue weighted by atomic mass is 10.0. The van der Waals surface area contributed by atoms with Gasteiger partial charge in [-0.25, -0.2) is 4.79 Å². The summed E-state index contributed by atoms with van der Waals surface area (Å²) >= 11 is 0. The Hall–Kier alpha value is -1.99. The molecule has 0 fully saturated rings. The molecular formula is C23H35Cl2N3O3. The maximum absolute atomic E-state index is 12.3. The summed E-state index contributed by atoms with van der Waals surface area (Å²) in [6, 6.07) is 17.5. The van der Waals surface area contributed by atoms with E-state index < -0.39 is 6.09 Å². The highest BCUT2D eigenvalue weighted by Crippen LogP contribution is 2.20. The van der Waals surface area contributed by atoms with Crippen molar-refractivity contribution in [1.29, 1.82) is 0 Å². The highest BCUT2D eigenvalue weighted by atomic mass is 35.5. The van der Waals surface area contributed by atoms with Gasteiger partial charge in [-0.1, -0.05) is 61.9 Å². The Kier molecular flexibility index (Phi) is 16.5. The predicted octanol–water partition coefficient (Wildman–Crippen LogP) is 4.09. The number of para-hydroxylation sites is 1. The summed E-state index contributed by atoms with van der Waals surface area (Å²) in [5.74, 6) is 0.865. The minimum atomic E-state index is -0.433. The SMILES string of the molecule is CCCCOc1ccccc1CC(CNCCN)NC(=O)OCc1ccccc1.Cl.Cl. The predicted molar refractivity (Wildman–Crippen MR) is 131 cm³/mol. The number of unbranched alkanes of at least 4 members (excludes halogenated alkanes) is 1. The molecule has 1 unspecified atom stereocenters. The van der Waals surface area contributed by atoms with Crippen LogP contribution in [0.4, 0.5) is 4.79 Å². The van der Waals surface area contributed by atoms with Gasteiger partial charge < -0.3 is 25.8 Å². The molecule has 0 saturated carbocycles. The van der Waals surface area contributed by atoms with Gasteiger partial charge in [-0.15, -0.1) is 24.8 Å². The van der Waals surface area contributed by atoms with E-state index in [1.165, 1.54) is 0 Å². The average Bonchev–Trinajstić information content (AvgIpc) is 2.74. The van der Waals surface area contributed by atoms with Gasteiger partial charge in [-0.05, 0) is 30.0 Å². The molecule has 0 radical (unpaired) electrons. The summed E-state index contributed by atoms with van der Waals surface area (Å²) in [4.78, 5) is 12.3. The Morgan fingerprint density at radius 1 is 1.06 bits per heavy atom. The molecule has 0 aliphatic heterocycles. The number of carbonyl (C=O) groups excluding carboxylic acids is 1. The zero-order chi connectivity index (χ0) is 20.7. The summed E-state index contributed by atoms with van der Waals surface area (Å²) in [5, 5.41) is 6.24. The number of halogens is 2. The fourth-order valence-corrected chi connectivity index (χ4v) is 2.89. The van der Waals surface area contributed by atoms with E-state index in [0.29, 0.717) is 32.7 Å². The number of amides is 1. The van der Waals surface area contributed by atoms with E-state index in [0.717, 1.165) is 29.7 Å². The van der Waals surface area contributed by atoms with E-state index >= 15 is 0 Å². The van der Waals surface area contributed by atoms with E-state index in [2.05, 4.69) is 17.6 Å². The van der Waals surface area contributed by atoms with Crippen molar-refractivity contribution in [3.8, 4) is 5.75 Å². The minimum Gasteiger partial charge on any atom is -0.493 e. The molecule has 2 aromatic carbocycles. The van der Waals surface area contributed by atoms with Crippen LogP contribution in [0.25, 0.3) is 0 Å². The summed E-state index contributed by atoms with van der Waals surface area (Å²) in [7, 11) is 0. The second-order valence-corrected chi connectivity index (χ2v) is 6.91. The van der Waals surface area contributed by atoms with Crippen LogP contribution in [0.5, 0.6) is 5.75 Å². The van der Waals surface area contributed by atoms with Crippen LogP contribution in [-0.4, -0.2) is 38.4 Å². The second kappa shape index (κ2) is 17.7. The lowest BCUT2D eigenvalue weighted by molar-refractivity contribution is 0.135. The number of nitrogens with one attached hydrogen (secondary N) is 2. The molecule has 0 aliphatic rings. The van der Waals surface area contributed by atoms with Crippen LogP contribution in [0.2, 0.25) is 0 Å². The molecule has 2 rings (SSSR count). The van der Waals surface area contributed by atoms with Gasteiger partial charge in [0.25, 0.3) is 0 Å². The molecular weight excluding hydrogens is 437 g/mol. The first-order chi connectivity index (χ1) is 14.2. The van der Waals surface area contributed by atoms with Crippen molar-refractivity contribution in [3.63, 3.8) is 0 Å². The van der Waals surface area contributed by atoms with Crippen LogP contribution in [-0.2, 0) is 17.8 Å². The molecule has 0 bridgehead atoms. The first-order valence-electron chi connectivity index (χ1n) is 10.3. The summed E-state index contributed by atoms with van der Waals surface area (Å²) in [5.41, 5.74) is 7.59. The number of nitrogens with two attached hydrogens (primary N) is 1. The minimum absolute atomic E-state index is 0. The van der Waals surface area contributed by atoms with E-state index in [-0.39, 0.29) is 37.5 Å². The summed E-state index contributed by atoms with van der Waals surface area (Å²) in [6.07, 6.45) is 2.31. The number of alkyl carbamates (subject to hydrolysis) is 1. The standard InChI is InChI=1S/C23H33N3O3.2ClH/c1-2-3-15-28-22-12-8-7-11-20(22)16-21(17-25-14-13-24)26-23(27)29-18-19-9-5-4-6-10-19;;/h4-12,21,25H,2-3,13-18,24H2,1H3,(H,26,27);2*1H. The highest BCUT2D eigenvalue weighted by Gasteiger charge is 2.16. The van der Waals surface area contributed by atoms with Gasteiger partial charge in [-0.3, -0.25) is 0 Å². The van der Waals surface area contributed by atoms with Crippen molar-refractivity contribution in [3.05, 3.63) is 65.7 Å². The molecule has 2 aromatic rings. The third kappa shape index (κ3) is 11.8. The third-order valence-corrected chi connectivity index (χ3v) is 4.44. The first kappa shape index (κ1) is 29.0. The third-order valence-electron chi connectivity index (χ3n) is 4.44. The lowest BCUT2D eigenvalue weighted by Crippen LogP contribution is -2.44. The highest BCUT2D eigenvalue weighted by molar-refractivity contribution is 5.85. The molecule has 1 atom stereocenters. The normalized spacial score (nSPS) is 10.9. The van der Waals surface area contributed by atoms with Crippen LogP contribution in [0.15, 0.2) is 54.6 Å². The molecule has 1 amide bonds. The van der Waals surface area contributed by atoms with Crippen LogP contribution >= 0.6 is 24.8 Å². The molecule has 6 nitrogen and oxygen atoms in total. The Bertz CT molecular complexity index is 720. The van der Waals surface area contributed by atoms with Crippen molar-refractivity contribution >= 4 is 30.9 Å². The van der Waals surface area contributed by atoms with Crippen molar-refractivity contribution in [2.75, 3.05) is 26.2 Å². The maximum Gasteiger partial charge on any atom is 0.407 e. The quantitative estimate of drug-likeness (QED) is 0.383. The molecule has 0 spiro atoms. The molecule has 0 aromatic heterocycles. The van der Waals surface area contributed by atoms with Crippen LogP contribution in [0, 0.1) is 0 Å². The van der Waals surface area contributed by atoms with Gasteiger partial charge in [0.15, 0.2) is 0 Å². The molecule has 0 heterocycles. The second-order valence-electron chi connectivity index (χ2n) is 6.91.